The molecule has 0 saturated heterocycles. The lowest BCUT2D eigenvalue weighted by Crippen LogP contribution is -2.47. The standard InChI is InChI=1S/C19H29FN2O2/c1-15(24-2)12-13-21-19(23)22(18-6-4-3-5-7-18)14-16-8-10-17(20)11-9-16/h8-11,15,18H,3-7,12-14H2,1-2H3,(H,21,23). The summed E-state index contributed by atoms with van der Waals surface area (Å²) in [6, 6.07) is 6.65. The van der Waals surface area contributed by atoms with Crippen LogP contribution >= 0.6 is 0 Å². The lowest BCUT2D eigenvalue weighted by Gasteiger charge is -2.34. The van der Waals surface area contributed by atoms with Gasteiger partial charge >= 0.3 is 6.03 Å². The van der Waals surface area contributed by atoms with E-state index in [2.05, 4.69) is 5.32 Å². The maximum atomic E-state index is 13.1. The van der Waals surface area contributed by atoms with Crippen LogP contribution in [0.25, 0.3) is 0 Å². The van der Waals surface area contributed by atoms with Crippen LogP contribution in [-0.2, 0) is 11.3 Å². The van der Waals surface area contributed by atoms with Gasteiger partial charge in [0.25, 0.3) is 0 Å². The molecule has 1 N–H and O–H groups in total. The van der Waals surface area contributed by atoms with Crippen LogP contribution in [0.1, 0.15) is 51.0 Å². The second-order valence-electron chi connectivity index (χ2n) is 6.61. The van der Waals surface area contributed by atoms with E-state index in [0.717, 1.165) is 24.8 Å². The van der Waals surface area contributed by atoms with Crippen LogP contribution in [0.4, 0.5) is 9.18 Å². The zero-order chi connectivity index (χ0) is 17.4. The molecule has 0 bridgehead atoms. The van der Waals surface area contributed by atoms with Crippen LogP contribution in [0.15, 0.2) is 24.3 Å². The summed E-state index contributed by atoms with van der Waals surface area (Å²) in [4.78, 5) is 14.6. The van der Waals surface area contributed by atoms with Gasteiger partial charge in [-0.1, -0.05) is 31.4 Å². The number of halogens is 1. The van der Waals surface area contributed by atoms with Gasteiger partial charge in [0.15, 0.2) is 0 Å². The SMILES string of the molecule is COC(C)CCNC(=O)N(Cc1ccc(F)cc1)C1CCCCC1. The van der Waals surface area contributed by atoms with Crippen LogP contribution in [-0.4, -0.2) is 36.7 Å². The highest BCUT2D eigenvalue weighted by Crippen LogP contribution is 2.24. The van der Waals surface area contributed by atoms with Crippen molar-refractivity contribution in [2.75, 3.05) is 13.7 Å². The number of carbonyl (C=O) groups is 1. The zero-order valence-electron chi connectivity index (χ0n) is 14.8. The minimum Gasteiger partial charge on any atom is -0.382 e. The number of benzene rings is 1. The number of urea groups is 1. The predicted molar refractivity (Wildman–Crippen MR) is 93.3 cm³/mol. The van der Waals surface area contributed by atoms with Crippen molar-refractivity contribution >= 4 is 6.03 Å². The van der Waals surface area contributed by atoms with Gasteiger partial charge in [0, 0.05) is 26.2 Å². The Morgan fingerprint density at radius 1 is 1.29 bits per heavy atom. The fraction of sp³-hybridized carbons (Fsp3) is 0.632. The molecule has 1 saturated carbocycles. The largest absolute Gasteiger partial charge is 0.382 e. The van der Waals surface area contributed by atoms with Crippen molar-refractivity contribution in [1.29, 1.82) is 0 Å². The Hall–Kier alpha value is -1.62. The van der Waals surface area contributed by atoms with E-state index in [1.54, 1.807) is 19.2 Å². The summed E-state index contributed by atoms with van der Waals surface area (Å²) < 4.78 is 18.3. The fourth-order valence-electron chi connectivity index (χ4n) is 3.15. The highest BCUT2D eigenvalue weighted by Gasteiger charge is 2.25. The molecular weight excluding hydrogens is 307 g/mol. The summed E-state index contributed by atoms with van der Waals surface area (Å²) in [6.07, 6.45) is 6.58. The Morgan fingerprint density at radius 2 is 1.96 bits per heavy atom. The molecule has 2 amide bonds. The van der Waals surface area contributed by atoms with Gasteiger partial charge in [0.1, 0.15) is 5.82 Å². The molecular formula is C19H29FN2O2. The number of amides is 2. The number of nitrogens with one attached hydrogen (secondary N) is 1. The van der Waals surface area contributed by atoms with Crippen LogP contribution in [0.2, 0.25) is 0 Å². The second-order valence-corrected chi connectivity index (χ2v) is 6.61. The molecule has 1 aliphatic carbocycles. The van der Waals surface area contributed by atoms with Gasteiger partial charge in [-0.25, -0.2) is 9.18 Å². The lowest BCUT2D eigenvalue weighted by molar-refractivity contribution is 0.109. The van der Waals surface area contributed by atoms with Crippen molar-refractivity contribution in [2.45, 2.75) is 64.1 Å². The maximum Gasteiger partial charge on any atom is 0.317 e. The number of hydrogen-bond acceptors (Lipinski definition) is 2. The number of nitrogens with zero attached hydrogens (tertiary/aromatic N) is 1. The number of carbonyl (C=O) groups excluding carboxylic acids is 1. The topological polar surface area (TPSA) is 41.6 Å². The van der Waals surface area contributed by atoms with Gasteiger partial charge in [-0.15, -0.1) is 0 Å². The molecule has 0 heterocycles. The van der Waals surface area contributed by atoms with E-state index in [4.69, 9.17) is 4.74 Å². The Kier molecular flexibility index (Phi) is 7.50. The number of rotatable bonds is 7. The molecule has 0 radical (unpaired) electrons. The van der Waals surface area contributed by atoms with Gasteiger partial charge in [0.2, 0.25) is 0 Å². The number of methoxy groups -OCH3 is 1. The highest BCUT2D eigenvalue weighted by molar-refractivity contribution is 5.74. The molecule has 1 atom stereocenters. The Balaban J connectivity index is 1.98. The minimum atomic E-state index is -0.249. The first-order valence-corrected chi connectivity index (χ1v) is 8.92. The molecule has 0 spiro atoms. The number of ether oxygens (including phenoxy) is 1. The van der Waals surface area contributed by atoms with Crippen LogP contribution in [0.3, 0.4) is 0 Å². The average molecular weight is 336 g/mol. The van der Waals surface area contributed by atoms with Crippen LogP contribution in [0.5, 0.6) is 0 Å². The third-order valence-electron chi connectivity index (χ3n) is 4.77. The third kappa shape index (κ3) is 5.78. The van der Waals surface area contributed by atoms with E-state index in [9.17, 15) is 9.18 Å². The lowest BCUT2D eigenvalue weighted by atomic mass is 9.94. The fourth-order valence-corrected chi connectivity index (χ4v) is 3.15. The molecule has 1 aliphatic rings. The normalized spacial score (nSPS) is 16.6. The predicted octanol–water partition coefficient (Wildman–Crippen LogP) is 4.10. The molecule has 0 aliphatic heterocycles. The highest BCUT2D eigenvalue weighted by atomic mass is 19.1. The summed E-state index contributed by atoms with van der Waals surface area (Å²) in [5.41, 5.74) is 0.961. The van der Waals surface area contributed by atoms with Crippen molar-refractivity contribution < 1.29 is 13.9 Å². The Morgan fingerprint density at radius 3 is 2.58 bits per heavy atom. The molecule has 134 valence electrons. The zero-order valence-corrected chi connectivity index (χ0v) is 14.8. The third-order valence-corrected chi connectivity index (χ3v) is 4.77. The van der Waals surface area contributed by atoms with Gasteiger partial charge < -0.3 is 15.0 Å². The maximum absolute atomic E-state index is 13.1. The Bertz CT molecular complexity index is 501. The van der Waals surface area contributed by atoms with Gasteiger partial charge in [-0.3, -0.25) is 0 Å². The number of hydrogen-bond donors (Lipinski definition) is 1. The van der Waals surface area contributed by atoms with E-state index < -0.39 is 0 Å². The average Bonchev–Trinajstić information content (AvgIpc) is 2.61. The molecule has 1 unspecified atom stereocenters. The molecule has 5 heteroatoms. The van der Waals surface area contributed by atoms with Crippen molar-refractivity contribution in [3.63, 3.8) is 0 Å². The summed E-state index contributed by atoms with van der Waals surface area (Å²) in [7, 11) is 1.68. The van der Waals surface area contributed by atoms with Gasteiger partial charge in [-0.2, -0.15) is 0 Å². The van der Waals surface area contributed by atoms with Crippen LogP contribution in [0, 0.1) is 5.82 Å². The Labute approximate surface area is 144 Å². The van der Waals surface area contributed by atoms with E-state index in [0.29, 0.717) is 13.1 Å². The minimum absolute atomic E-state index is 0.0328. The second kappa shape index (κ2) is 9.62. The van der Waals surface area contributed by atoms with Gasteiger partial charge in [-0.05, 0) is 43.9 Å². The summed E-state index contributed by atoms with van der Waals surface area (Å²) in [6.45, 7) is 3.11. The van der Waals surface area contributed by atoms with Crippen molar-refractivity contribution in [2.24, 2.45) is 0 Å². The summed E-state index contributed by atoms with van der Waals surface area (Å²) in [5, 5.41) is 3.01. The van der Waals surface area contributed by atoms with E-state index in [-0.39, 0.29) is 24.0 Å². The van der Waals surface area contributed by atoms with Gasteiger partial charge in [0.05, 0.1) is 6.10 Å². The monoisotopic (exact) mass is 336 g/mol. The van der Waals surface area contributed by atoms with Crippen molar-refractivity contribution in [3.05, 3.63) is 35.6 Å². The quantitative estimate of drug-likeness (QED) is 0.814. The summed E-state index contributed by atoms with van der Waals surface area (Å²) >= 11 is 0. The molecule has 1 aromatic rings. The smallest absolute Gasteiger partial charge is 0.317 e. The molecule has 2 rings (SSSR count). The van der Waals surface area contributed by atoms with Crippen LogP contribution < -0.4 is 5.32 Å². The first-order chi connectivity index (χ1) is 11.6. The van der Waals surface area contributed by atoms with E-state index in [1.807, 2.05) is 11.8 Å². The molecule has 1 aromatic carbocycles. The molecule has 0 aromatic heterocycles. The first-order valence-electron chi connectivity index (χ1n) is 8.92. The first kappa shape index (κ1) is 18.7. The molecule has 4 nitrogen and oxygen atoms in total. The molecule has 1 fully saturated rings. The van der Waals surface area contributed by atoms with Crippen molar-refractivity contribution in [3.8, 4) is 0 Å². The van der Waals surface area contributed by atoms with E-state index in [1.165, 1.54) is 31.4 Å². The van der Waals surface area contributed by atoms with Crippen molar-refractivity contribution in [1.82, 2.24) is 10.2 Å². The summed E-state index contributed by atoms with van der Waals surface area (Å²) in [5.74, 6) is -0.249. The molecule has 24 heavy (non-hydrogen) atoms. The van der Waals surface area contributed by atoms with E-state index >= 15 is 0 Å².